The quantitative estimate of drug-likeness (QED) is 0.758. The molecule has 0 fully saturated rings. The number of fused-ring (bicyclic) bond motifs is 1. The first-order chi connectivity index (χ1) is 10.2. The maximum atomic E-state index is 10.6. The Balaban J connectivity index is 2.03. The monoisotopic (exact) mass is 287 g/mol. The fraction of sp³-hybridized carbons (Fsp3) is 0.353. The van der Waals surface area contributed by atoms with Gasteiger partial charge in [-0.1, -0.05) is 50.2 Å². The van der Waals surface area contributed by atoms with Gasteiger partial charge in [0.1, 0.15) is 18.5 Å². The van der Waals surface area contributed by atoms with Crippen LogP contribution >= 0.6 is 0 Å². The molecule has 0 aliphatic carbocycles. The third-order valence-corrected chi connectivity index (χ3v) is 3.18. The number of nitrogens with one attached hydrogen (secondary N) is 1. The van der Waals surface area contributed by atoms with Crippen molar-refractivity contribution in [3.8, 4) is 5.75 Å². The molecule has 0 bridgehead atoms. The van der Waals surface area contributed by atoms with Crippen LogP contribution in [0.25, 0.3) is 10.8 Å². The summed E-state index contributed by atoms with van der Waals surface area (Å²) in [5.41, 5.74) is 0. The first-order valence-electron chi connectivity index (χ1n) is 7.13. The first-order valence-corrected chi connectivity index (χ1v) is 7.13. The molecule has 0 aromatic heterocycles. The zero-order valence-electron chi connectivity index (χ0n) is 12.4. The van der Waals surface area contributed by atoms with Crippen LogP contribution in [0.3, 0.4) is 0 Å². The molecule has 1 atom stereocenters. The highest BCUT2D eigenvalue weighted by Gasteiger charge is 2.12. The molecule has 4 heteroatoms. The largest absolute Gasteiger partial charge is 0.489 e. The van der Waals surface area contributed by atoms with E-state index in [9.17, 15) is 4.79 Å². The lowest BCUT2D eigenvalue weighted by molar-refractivity contribution is -0.134. The predicted molar refractivity (Wildman–Crippen MR) is 83.5 cm³/mol. The van der Waals surface area contributed by atoms with Gasteiger partial charge in [0.25, 0.3) is 6.47 Å². The third-order valence-electron chi connectivity index (χ3n) is 3.18. The van der Waals surface area contributed by atoms with Crippen molar-refractivity contribution >= 4 is 17.2 Å². The van der Waals surface area contributed by atoms with E-state index in [0.29, 0.717) is 25.7 Å². The average Bonchev–Trinajstić information content (AvgIpc) is 2.50. The van der Waals surface area contributed by atoms with E-state index in [1.807, 2.05) is 56.3 Å². The summed E-state index contributed by atoms with van der Waals surface area (Å²) in [4.78, 5) is 10.6. The van der Waals surface area contributed by atoms with E-state index in [4.69, 9.17) is 9.47 Å². The second-order valence-corrected chi connectivity index (χ2v) is 5.21. The third kappa shape index (κ3) is 4.46. The molecule has 0 heterocycles. The Morgan fingerprint density at radius 1 is 1.14 bits per heavy atom. The van der Waals surface area contributed by atoms with Gasteiger partial charge in [-0.2, -0.15) is 0 Å². The summed E-state index contributed by atoms with van der Waals surface area (Å²) in [5.74, 6) is 0.803. The van der Waals surface area contributed by atoms with Crippen molar-refractivity contribution in [2.75, 3.05) is 13.2 Å². The zero-order chi connectivity index (χ0) is 15.1. The molecule has 1 unspecified atom stereocenters. The van der Waals surface area contributed by atoms with Crippen molar-refractivity contribution in [1.29, 1.82) is 0 Å². The minimum Gasteiger partial charge on any atom is -0.489 e. The summed E-state index contributed by atoms with van der Waals surface area (Å²) in [6.07, 6.45) is -0.302. The lowest BCUT2D eigenvalue weighted by Gasteiger charge is -2.18. The van der Waals surface area contributed by atoms with Crippen LogP contribution in [0.15, 0.2) is 42.5 Å². The van der Waals surface area contributed by atoms with Crippen LogP contribution in [-0.4, -0.2) is 31.8 Å². The standard InChI is InChI=1S/C17H21NO3/c1-13(2)18-10-15(21-12-19)11-20-17-9-5-7-14-6-3-4-8-16(14)17/h3-9,12-13,15,18H,10-11H2,1-2H3. The first kappa shape index (κ1) is 15.3. The van der Waals surface area contributed by atoms with Crippen molar-refractivity contribution in [3.63, 3.8) is 0 Å². The second-order valence-electron chi connectivity index (χ2n) is 5.21. The molecular weight excluding hydrogens is 266 g/mol. The maximum Gasteiger partial charge on any atom is 0.293 e. The topological polar surface area (TPSA) is 47.6 Å². The lowest BCUT2D eigenvalue weighted by Crippen LogP contribution is -2.37. The molecule has 112 valence electrons. The average molecular weight is 287 g/mol. The number of rotatable bonds is 8. The number of carbonyl (C=O) groups is 1. The number of hydrogen-bond donors (Lipinski definition) is 1. The van der Waals surface area contributed by atoms with Gasteiger partial charge in [0.05, 0.1) is 0 Å². The van der Waals surface area contributed by atoms with Gasteiger partial charge in [0, 0.05) is 18.0 Å². The van der Waals surface area contributed by atoms with Crippen molar-refractivity contribution < 1.29 is 14.3 Å². The van der Waals surface area contributed by atoms with Gasteiger partial charge in [-0.3, -0.25) is 4.79 Å². The summed E-state index contributed by atoms with van der Waals surface area (Å²) in [5, 5.41) is 5.42. The molecule has 0 saturated carbocycles. The van der Waals surface area contributed by atoms with Crippen LogP contribution in [0.1, 0.15) is 13.8 Å². The van der Waals surface area contributed by atoms with E-state index in [0.717, 1.165) is 16.5 Å². The van der Waals surface area contributed by atoms with Gasteiger partial charge in [-0.25, -0.2) is 0 Å². The summed E-state index contributed by atoms with van der Waals surface area (Å²) < 4.78 is 10.9. The molecule has 2 rings (SSSR count). The summed E-state index contributed by atoms with van der Waals surface area (Å²) in [7, 11) is 0. The number of hydrogen-bond acceptors (Lipinski definition) is 4. The molecule has 4 nitrogen and oxygen atoms in total. The molecule has 0 saturated heterocycles. The Morgan fingerprint density at radius 3 is 2.67 bits per heavy atom. The van der Waals surface area contributed by atoms with Crippen molar-refractivity contribution in [1.82, 2.24) is 5.32 Å². The van der Waals surface area contributed by atoms with E-state index in [2.05, 4.69) is 5.32 Å². The second kappa shape index (κ2) is 7.64. The Kier molecular flexibility index (Phi) is 5.58. The minimum atomic E-state index is -0.302. The highest BCUT2D eigenvalue weighted by atomic mass is 16.6. The minimum absolute atomic E-state index is 0.302. The fourth-order valence-corrected chi connectivity index (χ4v) is 2.10. The molecule has 0 radical (unpaired) electrons. The molecule has 0 aliphatic rings. The normalized spacial score (nSPS) is 12.3. The Labute approximate surface area is 125 Å². The Bertz CT molecular complexity index is 578. The van der Waals surface area contributed by atoms with Gasteiger partial charge in [-0.05, 0) is 11.5 Å². The SMILES string of the molecule is CC(C)NCC(COc1cccc2ccccc12)OC=O. The van der Waals surface area contributed by atoms with E-state index >= 15 is 0 Å². The van der Waals surface area contributed by atoms with Gasteiger partial charge < -0.3 is 14.8 Å². The lowest BCUT2D eigenvalue weighted by atomic mass is 10.1. The van der Waals surface area contributed by atoms with E-state index in [-0.39, 0.29) is 6.10 Å². The maximum absolute atomic E-state index is 10.6. The van der Waals surface area contributed by atoms with Crippen LogP contribution in [0.5, 0.6) is 5.75 Å². The van der Waals surface area contributed by atoms with Crippen molar-refractivity contribution in [2.45, 2.75) is 26.0 Å². The van der Waals surface area contributed by atoms with Crippen LogP contribution < -0.4 is 10.1 Å². The van der Waals surface area contributed by atoms with Crippen LogP contribution in [0.4, 0.5) is 0 Å². The van der Waals surface area contributed by atoms with Gasteiger partial charge in [-0.15, -0.1) is 0 Å². The molecule has 0 aliphatic heterocycles. The molecular formula is C17H21NO3. The number of carbonyl (C=O) groups excluding carboxylic acids is 1. The summed E-state index contributed by atoms with van der Waals surface area (Å²) in [6, 6.07) is 14.3. The van der Waals surface area contributed by atoms with Crippen molar-refractivity contribution in [3.05, 3.63) is 42.5 Å². The highest BCUT2D eigenvalue weighted by Crippen LogP contribution is 2.25. The molecule has 2 aromatic rings. The smallest absolute Gasteiger partial charge is 0.293 e. The van der Waals surface area contributed by atoms with Gasteiger partial charge in [0.2, 0.25) is 0 Å². The van der Waals surface area contributed by atoms with Gasteiger partial charge in [0.15, 0.2) is 0 Å². The number of ether oxygens (including phenoxy) is 2. The Hall–Kier alpha value is -2.07. The van der Waals surface area contributed by atoms with Gasteiger partial charge >= 0.3 is 0 Å². The molecule has 21 heavy (non-hydrogen) atoms. The van der Waals surface area contributed by atoms with Crippen LogP contribution in [-0.2, 0) is 9.53 Å². The zero-order valence-corrected chi connectivity index (χ0v) is 12.4. The van der Waals surface area contributed by atoms with Crippen LogP contribution in [0, 0.1) is 0 Å². The predicted octanol–water partition coefficient (Wildman–Crippen LogP) is 2.76. The molecule has 2 aromatic carbocycles. The summed E-state index contributed by atoms with van der Waals surface area (Å²) >= 11 is 0. The van der Waals surface area contributed by atoms with E-state index < -0.39 is 0 Å². The van der Waals surface area contributed by atoms with E-state index in [1.165, 1.54) is 0 Å². The van der Waals surface area contributed by atoms with Crippen LogP contribution in [0.2, 0.25) is 0 Å². The molecule has 1 N–H and O–H groups in total. The number of benzene rings is 2. The fourth-order valence-electron chi connectivity index (χ4n) is 2.10. The van der Waals surface area contributed by atoms with Crippen molar-refractivity contribution in [2.24, 2.45) is 0 Å². The molecule has 0 amide bonds. The van der Waals surface area contributed by atoms with E-state index in [1.54, 1.807) is 0 Å². The Morgan fingerprint density at radius 2 is 1.90 bits per heavy atom. The summed E-state index contributed by atoms with van der Waals surface area (Å²) in [6.45, 7) is 5.46. The molecule has 0 spiro atoms. The highest BCUT2D eigenvalue weighted by molar-refractivity contribution is 5.88.